The monoisotopic (exact) mass is 262 g/mol. The average molecular weight is 262 g/mol. The number of carbonyl (C=O) groups excluding carboxylic acids is 1. The summed E-state index contributed by atoms with van der Waals surface area (Å²) in [5, 5.41) is 5.97. The van der Waals surface area contributed by atoms with E-state index in [4.69, 9.17) is 0 Å². The van der Waals surface area contributed by atoms with Crippen LogP contribution in [0.2, 0.25) is 0 Å². The lowest BCUT2D eigenvalue weighted by Gasteiger charge is -2.33. The largest absolute Gasteiger partial charge is 0.373 e. The summed E-state index contributed by atoms with van der Waals surface area (Å²) >= 11 is 0. The Labute approximate surface area is 114 Å². The molecule has 0 spiro atoms. The number of piperidine rings is 1. The van der Waals surface area contributed by atoms with Crippen molar-refractivity contribution < 1.29 is 4.79 Å². The molecule has 2 N–H and O–H groups in total. The number of pyridine rings is 1. The molecule has 104 valence electrons. The molecule has 1 fully saturated rings. The minimum absolute atomic E-state index is 0.0609. The molecular formula is C14H22N4O. The van der Waals surface area contributed by atoms with Crippen LogP contribution in [-0.2, 0) is 4.79 Å². The van der Waals surface area contributed by atoms with Crippen LogP contribution >= 0.6 is 0 Å². The van der Waals surface area contributed by atoms with E-state index in [1.54, 1.807) is 6.92 Å². The van der Waals surface area contributed by atoms with Crippen molar-refractivity contribution >= 4 is 17.5 Å². The standard InChI is InChI=1S/C14H22N4O/c1-11(19)16-10-12-6-8-18(9-7-12)14-5-3-4-13(15-2)17-14/h3-5,12H,6-10H2,1-2H3,(H,15,17)(H,16,19). The third-order valence-corrected chi connectivity index (χ3v) is 3.57. The van der Waals surface area contributed by atoms with E-state index in [0.29, 0.717) is 5.92 Å². The maximum atomic E-state index is 10.9. The first kappa shape index (κ1) is 13.6. The third-order valence-electron chi connectivity index (χ3n) is 3.57. The quantitative estimate of drug-likeness (QED) is 0.863. The number of anilines is 2. The third kappa shape index (κ3) is 3.84. The van der Waals surface area contributed by atoms with Crippen LogP contribution in [-0.4, -0.2) is 37.6 Å². The molecule has 1 aromatic rings. The number of nitrogens with one attached hydrogen (secondary N) is 2. The maximum absolute atomic E-state index is 10.9. The van der Waals surface area contributed by atoms with Crippen molar-refractivity contribution in [2.24, 2.45) is 5.92 Å². The summed E-state index contributed by atoms with van der Waals surface area (Å²) in [5.74, 6) is 2.58. The second-order valence-corrected chi connectivity index (χ2v) is 5.00. The van der Waals surface area contributed by atoms with Gasteiger partial charge in [0.1, 0.15) is 11.6 Å². The van der Waals surface area contributed by atoms with Gasteiger partial charge in [-0.05, 0) is 30.9 Å². The predicted molar refractivity (Wildman–Crippen MR) is 77.4 cm³/mol. The minimum atomic E-state index is 0.0609. The number of carbonyl (C=O) groups is 1. The van der Waals surface area contributed by atoms with E-state index in [9.17, 15) is 4.79 Å². The lowest BCUT2D eigenvalue weighted by molar-refractivity contribution is -0.119. The lowest BCUT2D eigenvalue weighted by atomic mass is 9.97. The zero-order valence-corrected chi connectivity index (χ0v) is 11.6. The van der Waals surface area contributed by atoms with Crippen LogP contribution in [0.4, 0.5) is 11.6 Å². The van der Waals surface area contributed by atoms with Crippen molar-refractivity contribution in [3.8, 4) is 0 Å². The second kappa shape index (κ2) is 6.41. The Balaban J connectivity index is 1.87. The lowest BCUT2D eigenvalue weighted by Crippen LogP contribution is -2.38. The van der Waals surface area contributed by atoms with Crippen LogP contribution in [0.5, 0.6) is 0 Å². The van der Waals surface area contributed by atoms with Gasteiger partial charge in [0.25, 0.3) is 0 Å². The van der Waals surface area contributed by atoms with Crippen molar-refractivity contribution in [3.63, 3.8) is 0 Å². The molecule has 1 aliphatic heterocycles. The van der Waals surface area contributed by atoms with Crippen LogP contribution in [0, 0.1) is 5.92 Å². The molecule has 0 saturated carbocycles. The van der Waals surface area contributed by atoms with E-state index in [1.165, 1.54) is 0 Å². The molecule has 0 bridgehead atoms. The molecule has 1 amide bonds. The highest BCUT2D eigenvalue weighted by Crippen LogP contribution is 2.22. The molecule has 1 saturated heterocycles. The number of aromatic nitrogens is 1. The fourth-order valence-corrected chi connectivity index (χ4v) is 2.39. The van der Waals surface area contributed by atoms with Gasteiger partial charge in [0.15, 0.2) is 0 Å². The highest BCUT2D eigenvalue weighted by atomic mass is 16.1. The molecule has 1 aliphatic rings. The molecule has 2 rings (SSSR count). The summed E-state index contributed by atoms with van der Waals surface area (Å²) in [6.07, 6.45) is 2.21. The Morgan fingerprint density at radius 1 is 1.42 bits per heavy atom. The Morgan fingerprint density at radius 3 is 2.79 bits per heavy atom. The molecule has 2 heterocycles. The molecule has 0 radical (unpaired) electrons. The Kier molecular flexibility index (Phi) is 4.60. The van der Waals surface area contributed by atoms with Crippen molar-refractivity contribution in [2.75, 3.05) is 36.9 Å². The maximum Gasteiger partial charge on any atom is 0.216 e. The summed E-state index contributed by atoms with van der Waals surface area (Å²) in [5.41, 5.74) is 0. The van der Waals surface area contributed by atoms with Crippen molar-refractivity contribution in [3.05, 3.63) is 18.2 Å². The molecule has 19 heavy (non-hydrogen) atoms. The van der Waals surface area contributed by atoms with Gasteiger partial charge in [0.2, 0.25) is 5.91 Å². The second-order valence-electron chi connectivity index (χ2n) is 5.00. The van der Waals surface area contributed by atoms with E-state index < -0.39 is 0 Å². The van der Waals surface area contributed by atoms with Crippen molar-refractivity contribution in [2.45, 2.75) is 19.8 Å². The Bertz CT molecular complexity index is 427. The molecule has 5 nitrogen and oxygen atoms in total. The number of amides is 1. The summed E-state index contributed by atoms with van der Waals surface area (Å²) in [4.78, 5) is 17.8. The predicted octanol–water partition coefficient (Wildman–Crippen LogP) is 1.48. The van der Waals surface area contributed by atoms with Crippen molar-refractivity contribution in [1.29, 1.82) is 0 Å². The zero-order valence-electron chi connectivity index (χ0n) is 11.6. The molecule has 1 aromatic heterocycles. The molecule has 0 atom stereocenters. The smallest absolute Gasteiger partial charge is 0.216 e. The Hall–Kier alpha value is -1.78. The van der Waals surface area contributed by atoms with E-state index in [2.05, 4.69) is 26.6 Å². The first-order valence-corrected chi connectivity index (χ1v) is 6.83. The Morgan fingerprint density at radius 2 is 2.16 bits per heavy atom. The van der Waals surface area contributed by atoms with Crippen LogP contribution in [0.1, 0.15) is 19.8 Å². The molecule has 0 aliphatic carbocycles. The zero-order chi connectivity index (χ0) is 13.7. The molecule has 0 unspecified atom stereocenters. The van der Waals surface area contributed by atoms with Crippen LogP contribution in [0.15, 0.2) is 18.2 Å². The summed E-state index contributed by atoms with van der Waals surface area (Å²) < 4.78 is 0. The van der Waals surface area contributed by atoms with Gasteiger partial charge in [-0.15, -0.1) is 0 Å². The van der Waals surface area contributed by atoms with Crippen LogP contribution in [0.25, 0.3) is 0 Å². The SMILES string of the molecule is CNc1cccc(N2CCC(CNC(C)=O)CC2)n1. The number of rotatable bonds is 4. The fourth-order valence-electron chi connectivity index (χ4n) is 2.39. The van der Waals surface area contributed by atoms with E-state index >= 15 is 0 Å². The first-order valence-electron chi connectivity index (χ1n) is 6.83. The van der Waals surface area contributed by atoms with Gasteiger partial charge < -0.3 is 15.5 Å². The van der Waals surface area contributed by atoms with E-state index in [0.717, 1.165) is 44.1 Å². The molecule has 5 heteroatoms. The molecular weight excluding hydrogens is 240 g/mol. The summed E-state index contributed by atoms with van der Waals surface area (Å²) in [6.45, 7) is 4.38. The van der Waals surface area contributed by atoms with Crippen LogP contribution in [0.3, 0.4) is 0 Å². The highest BCUT2D eigenvalue weighted by Gasteiger charge is 2.20. The number of nitrogens with zero attached hydrogens (tertiary/aromatic N) is 2. The minimum Gasteiger partial charge on any atom is -0.373 e. The van der Waals surface area contributed by atoms with Gasteiger partial charge in [-0.2, -0.15) is 0 Å². The van der Waals surface area contributed by atoms with Crippen molar-refractivity contribution in [1.82, 2.24) is 10.3 Å². The number of hydrogen-bond acceptors (Lipinski definition) is 4. The summed E-state index contributed by atoms with van der Waals surface area (Å²) in [7, 11) is 1.88. The van der Waals surface area contributed by atoms with Gasteiger partial charge in [-0.1, -0.05) is 6.07 Å². The van der Waals surface area contributed by atoms with Gasteiger partial charge in [-0.3, -0.25) is 4.79 Å². The normalized spacial score (nSPS) is 16.2. The van der Waals surface area contributed by atoms with Gasteiger partial charge in [0.05, 0.1) is 0 Å². The van der Waals surface area contributed by atoms with E-state index in [-0.39, 0.29) is 5.91 Å². The summed E-state index contributed by atoms with van der Waals surface area (Å²) in [6, 6.07) is 6.04. The number of hydrogen-bond donors (Lipinski definition) is 2. The van der Waals surface area contributed by atoms with Gasteiger partial charge in [-0.25, -0.2) is 4.98 Å². The molecule has 0 aromatic carbocycles. The fraction of sp³-hybridized carbons (Fsp3) is 0.571. The van der Waals surface area contributed by atoms with Gasteiger partial charge >= 0.3 is 0 Å². The topological polar surface area (TPSA) is 57.3 Å². The van der Waals surface area contributed by atoms with Crippen LogP contribution < -0.4 is 15.5 Å². The van der Waals surface area contributed by atoms with Gasteiger partial charge in [0, 0.05) is 33.6 Å². The van der Waals surface area contributed by atoms with E-state index in [1.807, 2.05) is 19.2 Å². The highest BCUT2D eigenvalue weighted by molar-refractivity contribution is 5.72. The first-order chi connectivity index (χ1) is 9.19. The average Bonchev–Trinajstić information content (AvgIpc) is 2.45.